The second kappa shape index (κ2) is 18.1. The van der Waals surface area contributed by atoms with Gasteiger partial charge in [0.15, 0.2) is 0 Å². The second-order valence-corrected chi connectivity index (χ2v) is 20.6. The fraction of sp³-hybridized carbons (Fsp3) is 0.514. The predicted octanol–water partition coefficient (Wildman–Crippen LogP) is 11.5. The molecular weight excluding hydrogens is 555 g/mol. The molecule has 214 valence electrons. The Balaban J connectivity index is 1.43. The summed E-state index contributed by atoms with van der Waals surface area (Å²) in [4.78, 5) is 0. The number of unbranched alkanes of at least 4 members (excludes halogenated alkanes) is 16. The van der Waals surface area contributed by atoms with E-state index in [9.17, 15) is 0 Å². The van der Waals surface area contributed by atoms with Gasteiger partial charge in [-0.15, -0.1) is 0 Å². The van der Waals surface area contributed by atoms with E-state index in [1.54, 1.807) is 0 Å². The third-order valence-corrected chi connectivity index (χ3v) is 18.6. The fourth-order valence-electron chi connectivity index (χ4n) is 6.18. The Labute approximate surface area is 249 Å². The van der Waals surface area contributed by atoms with E-state index in [1.165, 1.54) is 131 Å². The van der Waals surface area contributed by atoms with Crippen molar-refractivity contribution in [3.8, 4) is 0 Å². The maximum absolute atomic E-state index is 4.60. The Bertz CT molecular complexity index is 902. The average molecular weight is 610 g/mol. The van der Waals surface area contributed by atoms with Crippen LogP contribution >= 0.6 is 20.8 Å². The van der Waals surface area contributed by atoms with Gasteiger partial charge in [0.2, 0.25) is 0 Å². The van der Waals surface area contributed by atoms with Crippen molar-refractivity contribution in [2.75, 3.05) is 6.16 Å². The summed E-state index contributed by atoms with van der Waals surface area (Å²) in [5, 5.41) is 1.59. The Morgan fingerprint density at radius 3 is 0.923 bits per heavy atom. The van der Waals surface area contributed by atoms with Gasteiger partial charge in [-0.05, 0) is 0 Å². The Kier molecular flexibility index (Phi) is 14.9. The number of benzene rings is 3. The van der Waals surface area contributed by atoms with E-state index in [2.05, 4.69) is 113 Å². The standard InChI is InChI=1S/C37H54BrP/c1-2-3-4-5-6-7-8-9-10-11-12-13-14-15-16-17-27-34-39(38,35-28-21-18-22-29-35,36-30-23-19-24-31-36)37-32-25-20-26-33-37/h18-26,28-33H,2-17,27,34H2,1H3. The summed E-state index contributed by atoms with van der Waals surface area (Å²) in [6.07, 6.45) is 25.2. The number of hydrogen-bond acceptors (Lipinski definition) is 0. The summed E-state index contributed by atoms with van der Waals surface area (Å²) in [5.41, 5.74) is 0. The van der Waals surface area contributed by atoms with Gasteiger partial charge < -0.3 is 0 Å². The molecule has 0 spiro atoms. The number of rotatable bonds is 21. The molecular formula is C37H54BrP. The third kappa shape index (κ3) is 9.57. The van der Waals surface area contributed by atoms with E-state index in [4.69, 9.17) is 0 Å². The van der Waals surface area contributed by atoms with Crippen molar-refractivity contribution >= 4 is 36.7 Å². The van der Waals surface area contributed by atoms with Crippen LogP contribution in [-0.4, -0.2) is 6.16 Å². The van der Waals surface area contributed by atoms with Gasteiger partial charge >= 0.3 is 204 Å². The van der Waals surface area contributed by atoms with Crippen molar-refractivity contribution in [1.29, 1.82) is 0 Å². The van der Waals surface area contributed by atoms with Crippen LogP contribution < -0.4 is 15.9 Å². The van der Waals surface area contributed by atoms with Gasteiger partial charge in [-0.1, -0.05) is 45.4 Å². The van der Waals surface area contributed by atoms with E-state index in [0.29, 0.717) is 0 Å². The van der Waals surface area contributed by atoms with Crippen LogP contribution in [0.1, 0.15) is 116 Å². The number of hydrogen-bond donors (Lipinski definition) is 0. The summed E-state index contributed by atoms with van der Waals surface area (Å²) in [5.74, 6) is 0. The van der Waals surface area contributed by atoms with E-state index in [1.807, 2.05) is 0 Å². The zero-order valence-corrected chi connectivity index (χ0v) is 27.2. The van der Waals surface area contributed by atoms with Crippen LogP contribution in [0.2, 0.25) is 0 Å². The molecule has 2 heteroatoms. The zero-order valence-electron chi connectivity index (χ0n) is 24.7. The van der Waals surface area contributed by atoms with Crippen LogP contribution in [0.25, 0.3) is 0 Å². The normalized spacial score (nSPS) is 12.7. The average Bonchev–Trinajstić information content (AvgIpc) is 3.00. The van der Waals surface area contributed by atoms with Crippen LogP contribution in [0.3, 0.4) is 0 Å². The first-order valence-electron chi connectivity index (χ1n) is 16.1. The van der Waals surface area contributed by atoms with Gasteiger partial charge in [-0.2, -0.15) is 0 Å². The molecule has 0 nitrogen and oxygen atoms in total. The van der Waals surface area contributed by atoms with Crippen molar-refractivity contribution in [2.24, 2.45) is 0 Å². The molecule has 0 N–H and O–H groups in total. The van der Waals surface area contributed by atoms with Crippen molar-refractivity contribution < 1.29 is 0 Å². The monoisotopic (exact) mass is 608 g/mol. The molecule has 0 aliphatic heterocycles. The van der Waals surface area contributed by atoms with Crippen molar-refractivity contribution in [3.63, 3.8) is 0 Å². The first-order chi connectivity index (χ1) is 19.2. The Morgan fingerprint density at radius 1 is 0.385 bits per heavy atom. The van der Waals surface area contributed by atoms with Gasteiger partial charge in [0.05, 0.1) is 0 Å². The van der Waals surface area contributed by atoms with Crippen LogP contribution in [-0.2, 0) is 0 Å². The summed E-state index contributed by atoms with van der Waals surface area (Å²) in [6, 6.07) is 33.8. The Morgan fingerprint density at radius 2 is 0.641 bits per heavy atom. The van der Waals surface area contributed by atoms with Crippen molar-refractivity contribution in [1.82, 2.24) is 0 Å². The van der Waals surface area contributed by atoms with Crippen LogP contribution in [0.15, 0.2) is 91.0 Å². The predicted molar refractivity (Wildman–Crippen MR) is 183 cm³/mol. The van der Waals surface area contributed by atoms with Gasteiger partial charge in [0.25, 0.3) is 0 Å². The minimum atomic E-state index is -2.73. The van der Waals surface area contributed by atoms with E-state index < -0.39 is 5.31 Å². The molecule has 0 aliphatic rings. The van der Waals surface area contributed by atoms with Crippen LogP contribution in [0, 0.1) is 0 Å². The summed E-state index contributed by atoms with van der Waals surface area (Å²) >= 11 is 4.60. The van der Waals surface area contributed by atoms with Gasteiger partial charge in [-0.3, -0.25) is 0 Å². The van der Waals surface area contributed by atoms with E-state index in [-0.39, 0.29) is 0 Å². The molecule has 0 saturated heterocycles. The minimum absolute atomic E-state index is 1.17. The summed E-state index contributed by atoms with van der Waals surface area (Å²) in [7, 11) is 0. The first-order valence-corrected chi connectivity index (χ1v) is 20.5. The van der Waals surface area contributed by atoms with Crippen molar-refractivity contribution in [2.45, 2.75) is 116 Å². The van der Waals surface area contributed by atoms with Crippen LogP contribution in [0.4, 0.5) is 0 Å². The molecule has 0 atom stereocenters. The zero-order chi connectivity index (χ0) is 27.5. The van der Waals surface area contributed by atoms with E-state index in [0.717, 1.165) is 0 Å². The molecule has 0 radical (unpaired) electrons. The molecule has 0 heterocycles. The molecule has 3 aromatic rings. The Hall–Kier alpha value is -1.43. The molecule has 0 aromatic heterocycles. The van der Waals surface area contributed by atoms with Gasteiger partial charge in [0, 0.05) is 0 Å². The van der Waals surface area contributed by atoms with Gasteiger partial charge in [-0.25, -0.2) is 0 Å². The molecule has 39 heavy (non-hydrogen) atoms. The first kappa shape index (κ1) is 32.1. The molecule has 3 aromatic carbocycles. The quantitative estimate of drug-likeness (QED) is 0.0833. The van der Waals surface area contributed by atoms with Crippen LogP contribution in [0.5, 0.6) is 0 Å². The van der Waals surface area contributed by atoms with E-state index >= 15 is 0 Å². The topological polar surface area (TPSA) is 0 Å². The van der Waals surface area contributed by atoms with Crippen molar-refractivity contribution in [3.05, 3.63) is 91.0 Å². The fourth-order valence-corrected chi connectivity index (χ4v) is 13.9. The molecule has 0 amide bonds. The van der Waals surface area contributed by atoms with Gasteiger partial charge in [0.1, 0.15) is 0 Å². The molecule has 0 fully saturated rings. The molecule has 0 aliphatic carbocycles. The maximum atomic E-state index is 4.60. The molecule has 0 unspecified atom stereocenters. The summed E-state index contributed by atoms with van der Waals surface area (Å²) < 4.78 is 0. The SMILES string of the molecule is CCCCCCCCCCCCCCCCCCCP(Br)(c1ccccc1)(c1ccccc1)c1ccccc1. The summed E-state index contributed by atoms with van der Waals surface area (Å²) in [6.45, 7) is 2.30. The third-order valence-electron chi connectivity index (χ3n) is 8.57. The second-order valence-electron chi connectivity index (χ2n) is 11.6. The molecule has 3 rings (SSSR count). The molecule has 0 saturated carbocycles. The number of halogens is 1. The molecule has 0 bridgehead atoms.